The SMILES string of the molecule is CCCCSCCCOc1ccc(C(C)(C)CC(C)(C)C)cc1Sc1c(C(C)(C)C)[nH]n2nc(-c3ccc(NS(=O)(=O)c4ccc(Cl)c([N+](=O)[O-])c4)cc3)nc12. The molecule has 5 aromatic rings. The van der Waals surface area contributed by atoms with E-state index in [-0.39, 0.29) is 31.9 Å². The van der Waals surface area contributed by atoms with Crippen LogP contribution in [0.1, 0.15) is 99.3 Å². The van der Waals surface area contributed by atoms with E-state index < -0.39 is 20.6 Å². The highest BCUT2D eigenvalue weighted by Gasteiger charge is 2.31. The van der Waals surface area contributed by atoms with Crippen molar-refractivity contribution in [3.63, 3.8) is 0 Å². The maximum Gasteiger partial charge on any atom is 0.289 e. The van der Waals surface area contributed by atoms with E-state index in [2.05, 4.69) is 90.3 Å². The van der Waals surface area contributed by atoms with Crippen LogP contribution in [0.3, 0.4) is 0 Å². The summed E-state index contributed by atoms with van der Waals surface area (Å²) in [7, 11) is -4.13. The zero-order chi connectivity index (χ0) is 41.1. The van der Waals surface area contributed by atoms with Crippen LogP contribution in [0.15, 0.2) is 75.4 Å². The number of H-pyrrole nitrogens is 1. The molecule has 0 aliphatic heterocycles. The molecule has 302 valence electrons. The number of sulfonamides is 1. The standard InChI is InChI=1S/C41H53ClN6O5S3/c1-10-11-22-54-23-12-21-53-33-20-15-28(41(8,9)26-39(2,3)4)24-34(33)55-35-36(40(5,6)7)44-47-38(35)43-37(45-47)27-13-16-29(17-14-27)46-56(51,52)30-18-19-31(42)32(25-30)48(49)50/h13-20,24-25,44,46H,10-12,21-23,26H2,1-9H3. The first-order valence-electron chi connectivity index (χ1n) is 18.8. The van der Waals surface area contributed by atoms with Gasteiger partial charge in [0.25, 0.3) is 15.7 Å². The number of aromatic amines is 1. The molecule has 0 aliphatic carbocycles. The van der Waals surface area contributed by atoms with Gasteiger partial charge in [-0.2, -0.15) is 16.4 Å². The van der Waals surface area contributed by atoms with E-state index in [1.165, 1.54) is 36.3 Å². The zero-order valence-electron chi connectivity index (χ0n) is 33.7. The van der Waals surface area contributed by atoms with Gasteiger partial charge in [0.15, 0.2) is 11.5 Å². The second-order valence-corrected chi connectivity index (χ2v) is 21.2. The fourth-order valence-corrected chi connectivity index (χ4v) is 10.2. The van der Waals surface area contributed by atoms with E-state index in [0.717, 1.165) is 45.9 Å². The average molecular weight is 842 g/mol. The Balaban J connectivity index is 1.46. The molecule has 0 atom stereocenters. The van der Waals surface area contributed by atoms with Crippen molar-refractivity contribution in [1.82, 2.24) is 19.8 Å². The van der Waals surface area contributed by atoms with E-state index in [4.69, 9.17) is 26.4 Å². The lowest BCUT2D eigenvalue weighted by molar-refractivity contribution is -0.384. The van der Waals surface area contributed by atoms with Gasteiger partial charge in [0.1, 0.15) is 10.8 Å². The lowest BCUT2D eigenvalue weighted by atomic mass is 9.72. The number of nitro groups is 1. The maximum atomic E-state index is 13.1. The fraction of sp³-hybridized carbons (Fsp3) is 0.463. The quantitative estimate of drug-likeness (QED) is 0.0531. The van der Waals surface area contributed by atoms with Crippen LogP contribution in [0.2, 0.25) is 5.02 Å². The van der Waals surface area contributed by atoms with Gasteiger partial charge in [-0.1, -0.05) is 98.2 Å². The van der Waals surface area contributed by atoms with Crippen LogP contribution in [0.4, 0.5) is 11.4 Å². The summed E-state index contributed by atoms with van der Waals surface area (Å²) in [5, 5.41) is 19.5. The van der Waals surface area contributed by atoms with Gasteiger partial charge in [-0.3, -0.25) is 19.9 Å². The van der Waals surface area contributed by atoms with Crippen LogP contribution in [-0.2, 0) is 20.9 Å². The molecule has 0 spiro atoms. The van der Waals surface area contributed by atoms with E-state index in [1.807, 2.05) is 11.8 Å². The molecule has 11 nitrogen and oxygen atoms in total. The number of halogens is 1. The lowest BCUT2D eigenvalue weighted by Crippen LogP contribution is -2.24. The number of benzene rings is 3. The van der Waals surface area contributed by atoms with Crippen molar-refractivity contribution in [3.8, 4) is 17.1 Å². The highest BCUT2D eigenvalue weighted by Crippen LogP contribution is 2.45. The Labute approximate surface area is 344 Å². The van der Waals surface area contributed by atoms with Gasteiger partial charge < -0.3 is 4.74 Å². The molecular weight excluding hydrogens is 788 g/mol. The number of rotatable bonds is 17. The van der Waals surface area contributed by atoms with Gasteiger partial charge >= 0.3 is 0 Å². The third-order valence-electron chi connectivity index (χ3n) is 9.07. The van der Waals surface area contributed by atoms with Gasteiger partial charge in [0.2, 0.25) is 0 Å². The van der Waals surface area contributed by atoms with Crippen molar-refractivity contribution in [2.45, 2.75) is 114 Å². The minimum absolute atomic E-state index is 0.0719. The number of hydrogen-bond acceptors (Lipinski definition) is 9. The first-order chi connectivity index (χ1) is 26.2. The molecule has 0 saturated carbocycles. The van der Waals surface area contributed by atoms with Crippen molar-refractivity contribution in [2.75, 3.05) is 22.8 Å². The second kappa shape index (κ2) is 17.4. The fourth-order valence-electron chi connectivity index (χ4n) is 6.59. The van der Waals surface area contributed by atoms with Crippen molar-refractivity contribution in [2.24, 2.45) is 5.41 Å². The summed E-state index contributed by atoms with van der Waals surface area (Å²) in [6.45, 7) is 20.7. The summed E-state index contributed by atoms with van der Waals surface area (Å²) in [6.07, 6.45) is 4.42. The number of nitrogens with zero attached hydrogens (tertiary/aromatic N) is 4. The Morgan fingerprint density at radius 2 is 1.66 bits per heavy atom. The van der Waals surface area contributed by atoms with Gasteiger partial charge in [-0.15, -0.1) is 5.10 Å². The molecule has 0 radical (unpaired) electrons. The van der Waals surface area contributed by atoms with Crippen molar-refractivity contribution >= 4 is 62.2 Å². The van der Waals surface area contributed by atoms with Crippen molar-refractivity contribution in [1.29, 1.82) is 0 Å². The number of thioether (sulfide) groups is 1. The molecule has 0 bridgehead atoms. The van der Waals surface area contributed by atoms with E-state index in [0.29, 0.717) is 23.6 Å². The summed E-state index contributed by atoms with van der Waals surface area (Å²) in [5.74, 6) is 3.54. The minimum atomic E-state index is -4.13. The molecule has 0 amide bonds. The van der Waals surface area contributed by atoms with Crippen LogP contribution in [0.25, 0.3) is 17.0 Å². The van der Waals surface area contributed by atoms with Crippen molar-refractivity contribution < 1.29 is 18.1 Å². The summed E-state index contributed by atoms with van der Waals surface area (Å²) in [6, 6.07) is 16.6. The molecule has 0 saturated heterocycles. The number of anilines is 1. The third-order valence-corrected chi connectivity index (χ3v) is 13.1. The van der Waals surface area contributed by atoms with Gasteiger partial charge in [-0.25, -0.2) is 13.4 Å². The molecule has 15 heteroatoms. The topological polar surface area (TPSA) is 145 Å². The molecule has 5 rings (SSSR count). The molecule has 2 heterocycles. The number of nitro benzene ring substituents is 1. The summed E-state index contributed by atoms with van der Waals surface area (Å²) >= 11 is 9.50. The number of ether oxygens (including phenoxy) is 1. The summed E-state index contributed by atoms with van der Waals surface area (Å²) < 4.78 is 36.9. The minimum Gasteiger partial charge on any atom is -0.492 e. The number of aromatic nitrogens is 4. The first kappa shape index (κ1) is 43.4. The smallest absolute Gasteiger partial charge is 0.289 e. The first-order valence-corrected chi connectivity index (χ1v) is 22.6. The van der Waals surface area contributed by atoms with Crippen molar-refractivity contribution in [3.05, 3.63) is 87.1 Å². The largest absolute Gasteiger partial charge is 0.492 e. The molecule has 0 aliphatic rings. The molecule has 2 N–H and O–H groups in total. The predicted octanol–water partition coefficient (Wildman–Crippen LogP) is 11.6. The van der Waals surface area contributed by atoms with Gasteiger partial charge in [0.05, 0.1) is 31.9 Å². The molecule has 2 aromatic heterocycles. The number of hydrogen-bond donors (Lipinski definition) is 2. The summed E-state index contributed by atoms with van der Waals surface area (Å²) in [4.78, 5) is 17.3. The monoisotopic (exact) mass is 840 g/mol. The van der Waals surface area contributed by atoms with Crippen LogP contribution in [-0.4, -0.2) is 51.3 Å². The Morgan fingerprint density at radius 1 is 0.964 bits per heavy atom. The Bertz CT molecular complexity index is 2270. The Morgan fingerprint density at radius 3 is 2.30 bits per heavy atom. The van der Waals surface area contributed by atoms with Gasteiger partial charge in [-0.05, 0) is 95.7 Å². The Kier molecular flexibility index (Phi) is 13.5. The summed E-state index contributed by atoms with van der Waals surface area (Å²) in [5.41, 5.74) is 3.17. The zero-order valence-corrected chi connectivity index (χ0v) is 36.9. The normalized spacial score (nSPS) is 12.7. The Hall–Kier alpha value is -3.72. The highest BCUT2D eigenvalue weighted by atomic mass is 35.5. The van der Waals surface area contributed by atoms with E-state index in [1.54, 1.807) is 40.7 Å². The molecular formula is C41H53ClN6O5S3. The van der Waals surface area contributed by atoms with E-state index >= 15 is 0 Å². The molecule has 56 heavy (non-hydrogen) atoms. The van der Waals surface area contributed by atoms with E-state index in [9.17, 15) is 18.5 Å². The maximum absolute atomic E-state index is 13.1. The predicted molar refractivity (Wildman–Crippen MR) is 230 cm³/mol. The number of fused-ring (bicyclic) bond motifs is 1. The second-order valence-electron chi connectivity index (χ2n) is 16.8. The van der Waals surface area contributed by atoms with Gasteiger partial charge in [0, 0.05) is 22.7 Å². The molecule has 3 aromatic carbocycles. The van der Waals surface area contributed by atoms with Crippen LogP contribution < -0.4 is 9.46 Å². The van der Waals surface area contributed by atoms with Crippen LogP contribution >= 0.6 is 35.1 Å². The number of nitrogens with one attached hydrogen (secondary N) is 2. The third kappa shape index (κ3) is 10.8. The lowest BCUT2D eigenvalue weighted by Gasteiger charge is -2.33. The van der Waals surface area contributed by atoms with Crippen LogP contribution in [0, 0.1) is 15.5 Å². The highest BCUT2D eigenvalue weighted by molar-refractivity contribution is 7.99. The average Bonchev–Trinajstić information content (AvgIpc) is 3.67. The molecule has 0 fully saturated rings. The molecule has 0 unspecified atom stereocenters. The van der Waals surface area contributed by atoms with Crippen LogP contribution in [0.5, 0.6) is 5.75 Å². The number of unbranched alkanes of at least 4 members (excludes halogenated alkanes) is 1.